The second-order valence-corrected chi connectivity index (χ2v) is 8.05. The molecule has 0 aliphatic carbocycles. The van der Waals surface area contributed by atoms with Crippen molar-refractivity contribution >= 4 is 33.3 Å². The zero-order valence-electron chi connectivity index (χ0n) is 15.1. The molecule has 0 saturated heterocycles. The van der Waals surface area contributed by atoms with Crippen LogP contribution in [0.3, 0.4) is 0 Å². The molecule has 0 saturated carbocycles. The number of sulfone groups is 1. The van der Waals surface area contributed by atoms with Gasteiger partial charge in [0.05, 0.1) is 17.1 Å². The molecule has 2 amide bonds. The maximum absolute atomic E-state index is 12.2. The fraction of sp³-hybridized carbons (Fsp3) is 0.211. The van der Waals surface area contributed by atoms with Gasteiger partial charge in [0.25, 0.3) is 5.91 Å². The van der Waals surface area contributed by atoms with Crippen molar-refractivity contribution in [3.8, 4) is 0 Å². The average Bonchev–Trinajstić information content (AvgIpc) is 2.67. The number of nitrogens with one attached hydrogen (secondary N) is 1. The first-order valence-electron chi connectivity index (χ1n) is 8.37. The van der Waals surface area contributed by atoms with Crippen LogP contribution in [-0.2, 0) is 24.2 Å². The van der Waals surface area contributed by atoms with Gasteiger partial charge in [-0.15, -0.1) is 0 Å². The van der Waals surface area contributed by atoms with Gasteiger partial charge < -0.3 is 15.8 Å². The minimum absolute atomic E-state index is 0.119. The van der Waals surface area contributed by atoms with Crippen LogP contribution in [-0.4, -0.2) is 38.1 Å². The number of nitrogens with two attached hydrogens (primary N) is 1. The third-order valence-electron chi connectivity index (χ3n) is 3.79. The van der Waals surface area contributed by atoms with E-state index in [4.69, 9.17) is 10.5 Å². The zero-order chi connectivity index (χ0) is 20.7. The molecule has 148 valence electrons. The second kappa shape index (κ2) is 9.14. The third-order valence-corrected chi connectivity index (χ3v) is 5.52. The molecule has 0 bridgehead atoms. The summed E-state index contributed by atoms with van der Waals surface area (Å²) in [5, 5.41) is 2.52. The van der Waals surface area contributed by atoms with Crippen molar-refractivity contribution in [2.45, 2.75) is 24.3 Å². The Bertz CT molecular complexity index is 956. The minimum atomic E-state index is -3.61. The van der Waals surface area contributed by atoms with E-state index in [0.717, 1.165) is 0 Å². The number of benzene rings is 2. The van der Waals surface area contributed by atoms with Gasteiger partial charge in [-0.05, 0) is 43.3 Å². The highest BCUT2D eigenvalue weighted by atomic mass is 32.2. The molecule has 0 aromatic heterocycles. The number of hydrogen-bond donors (Lipinski definition) is 2. The van der Waals surface area contributed by atoms with Crippen LogP contribution in [0.15, 0.2) is 59.5 Å². The lowest BCUT2D eigenvalue weighted by atomic mass is 10.2. The molecule has 2 aromatic carbocycles. The summed E-state index contributed by atoms with van der Waals surface area (Å²) in [6.07, 6.45) is -1.50. The quantitative estimate of drug-likeness (QED) is 0.641. The topological polar surface area (TPSA) is 133 Å². The number of hydrogen-bond acceptors (Lipinski definition) is 6. The number of ether oxygens (including phenoxy) is 1. The monoisotopic (exact) mass is 404 g/mol. The second-order valence-electron chi connectivity index (χ2n) is 5.94. The van der Waals surface area contributed by atoms with E-state index in [0.29, 0.717) is 5.69 Å². The summed E-state index contributed by atoms with van der Waals surface area (Å²) in [5.41, 5.74) is 5.82. The van der Waals surface area contributed by atoms with E-state index in [1.807, 2.05) is 0 Å². The molecular formula is C19H20N2O6S. The highest BCUT2D eigenvalue weighted by Crippen LogP contribution is 2.13. The summed E-state index contributed by atoms with van der Waals surface area (Å²) in [4.78, 5) is 35.1. The number of carbonyl (C=O) groups excluding carboxylic acids is 3. The van der Waals surface area contributed by atoms with Gasteiger partial charge in [-0.2, -0.15) is 0 Å². The van der Waals surface area contributed by atoms with Crippen molar-refractivity contribution in [1.82, 2.24) is 0 Å². The van der Waals surface area contributed by atoms with Gasteiger partial charge in [0, 0.05) is 11.3 Å². The van der Waals surface area contributed by atoms with Crippen LogP contribution in [0, 0.1) is 0 Å². The molecule has 2 aromatic rings. The molecule has 3 N–H and O–H groups in total. The number of carbonyl (C=O) groups is 3. The van der Waals surface area contributed by atoms with E-state index in [2.05, 4.69) is 5.32 Å². The fourth-order valence-corrected chi connectivity index (χ4v) is 3.48. The smallest absolute Gasteiger partial charge is 0.307 e. The minimum Gasteiger partial charge on any atom is -0.453 e. The van der Waals surface area contributed by atoms with Crippen LogP contribution in [0.2, 0.25) is 0 Å². The largest absolute Gasteiger partial charge is 0.453 e. The van der Waals surface area contributed by atoms with Crippen molar-refractivity contribution in [1.29, 1.82) is 0 Å². The van der Waals surface area contributed by atoms with Gasteiger partial charge >= 0.3 is 5.97 Å². The molecule has 0 unspecified atom stereocenters. The third kappa shape index (κ3) is 5.92. The summed E-state index contributed by atoms with van der Waals surface area (Å²) in [6.45, 7) is 1.37. The van der Waals surface area contributed by atoms with Crippen LogP contribution in [0.25, 0.3) is 0 Å². The van der Waals surface area contributed by atoms with Gasteiger partial charge in [-0.1, -0.05) is 18.2 Å². The Morgan fingerprint density at radius 1 is 1.04 bits per heavy atom. The Labute approximate surface area is 162 Å². The first kappa shape index (κ1) is 21.1. The standard InChI is InChI=1S/C19H20N2O6S/c1-13(19(24)21-15-9-7-14(8-10-15)18(20)23)27-17(22)11-12-28(25,26)16-5-3-2-4-6-16/h2-10,13H,11-12H2,1H3,(H2,20,23)(H,21,24)/t13-/m1/s1. The molecule has 0 aliphatic rings. The number of rotatable bonds is 8. The number of amides is 2. The molecule has 0 radical (unpaired) electrons. The molecule has 0 fully saturated rings. The Morgan fingerprint density at radius 3 is 2.21 bits per heavy atom. The summed E-state index contributed by atoms with van der Waals surface area (Å²) in [7, 11) is -3.61. The van der Waals surface area contributed by atoms with Crippen molar-refractivity contribution in [3.63, 3.8) is 0 Å². The van der Waals surface area contributed by atoms with Crippen LogP contribution in [0.5, 0.6) is 0 Å². The Balaban J connectivity index is 1.86. The van der Waals surface area contributed by atoms with Crippen molar-refractivity contribution in [2.24, 2.45) is 5.73 Å². The molecule has 0 heterocycles. The van der Waals surface area contributed by atoms with Crippen molar-refractivity contribution in [3.05, 3.63) is 60.2 Å². The van der Waals surface area contributed by atoms with Gasteiger partial charge in [-0.25, -0.2) is 8.42 Å². The molecule has 0 spiro atoms. The van der Waals surface area contributed by atoms with E-state index in [-0.39, 0.29) is 16.9 Å². The van der Waals surface area contributed by atoms with Gasteiger partial charge in [-0.3, -0.25) is 14.4 Å². The van der Waals surface area contributed by atoms with Crippen LogP contribution < -0.4 is 11.1 Å². The molecule has 8 nitrogen and oxygen atoms in total. The first-order chi connectivity index (χ1) is 13.2. The predicted molar refractivity (Wildman–Crippen MR) is 102 cm³/mol. The SMILES string of the molecule is C[C@@H](OC(=O)CCS(=O)(=O)c1ccccc1)C(=O)Nc1ccc(C(N)=O)cc1. The molecule has 9 heteroatoms. The van der Waals surface area contributed by atoms with Gasteiger partial charge in [0.15, 0.2) is 15.9 Å². The fourth-order valence-electron chi connectivity index (χ4n) is 2.23. The van der Waals surface area contributed by atoms with Crippen molar-refractivity contribution < 1.29 is 27.5 Å². The summed E-state index contributed by atoms with van der Waals surface area (Å²) in [5.74, 6) is -2.40. The van der Waals surface area contributed by atoms with E-state index in [1.165, 1.54) is 43.3 Å². The molecule has 0 aliphatic heterocycles. The lowest BCUT2D eigenvalue weighted by Gasteiger charge is -2.14. The van der Waals surface area contributed by atoms with Crippen LogP contribution >= 0.6 is 0 Å². The average molecular weight is 404 g/mol. The Morgan fingerprint density at radius 2 is 1.64 bits per heavy atom. The van der Waals surface area contributed by atoms with E-state index in [9.17, 15) is 22.8 Å². The van der Waals surface area contributed by atoms with Crippen LogP contribution in [0.1, 0.15) is 23.7 Å². The Hall–Kier alpha value is -3.20. The number of anilines is 1. The predicted octanol–water partition coefficient (Wildman–Crippen LogP) is 1.52. The Kier molecular flexibility index (Phi) is 6.89. The molecular weight excluding hydrogens is 384 g/mol. The van der Waals surface area contributed by atoms with E-state index < -0.39 is 39.5 Å². The highest BCUT2D eigenvalue weighted by molar-refractivity contribution is 7.91. The normalized spacial score (nSPS) is 12.0. The highest BCUT2D eigenvalue weighted by Gasteiger charge is 2.21. The molecule has 1 atom stereocenters. The van der Waals surface area contributed by atoms with Crippen LogP contribution in [0.4, 0.5) is 5.69 Å². The number of esters is 1. The molecule has 28 heavy (non-hydrogen) atoms. The lowest BCUT2D eigenvalue weighted by molar-refractivity contribution is -0.152. The zero-order valence-corrected chi connectivity index (χ0v) is 15.9. The maximum Gasteiger partial charge on any atom is 0.307 e. The van der Waals surface area contributed by atoms with Gasteiger partial charge in [0.1, 0.15) is 0 Å². The summed E-state index contributed by atoms with van der Waals surface area (Å²) >= 11 is 0. The summed E-state index contributed by atoms with van der Waals surface area (Å²) in [6, 6.07) is 13.6. The van der Waals surface area contributed by atoms with E-state index in [1.54, 1.807) is 18.2 Å². The molecule has 2 rings (SSSR count). The summed E-state index contributed by atoms with van der Waals surface area (Å²) < 4.78 is 29.3. The van der Waals surface area contributed by atoms with Crippen molar-refractivity contribution in [2.75, 3.05) is 11.1 Å². The van der Waals surface area contributed by atoms with E-state index >= 15 is 0 Å². The number of primary amides is 1. The lowest BCUT2D eigenvalue weighted by Crippen LogP contribution is -2.30. The van der Waals surface area contributed by atoms with Gasteiger partial charge in [0.2, 0.25) is 5.91 Å². The maximum atomic E-state index is 12.2. The first-order valence-corrected chi connectivity index (χ1v) is 10.0.